The first-order valence-corrected chi connectivity index (χ1v) is 7.06. The summed E-state index contributed by atoms with van der Waals surface area (Å²) in [6, 6.07) is 0. The van der Waals surface area contributed by atoms with Crippen LogP contribution >= 0.6 is 0 Å². The Balaban J connectivity index is 1.82. The number of hydrogen-bond donors (Lipinski definition) is 1. The first-order valence-electron chi connectivity index (χ1n) is 7.06. The van der Waals surface area contributed by atoms with Crippen LogP contribution in [0.3, 0.4) is 0 Å². The van der Waals surface area contributed by atoms with Gasteiger partial charge in [0.15, 0.2) is 0 Å². The summed E-state index contributed by atoms with van der Waals surface area (Å²) < 4.78 is 5.71. The maximum atomic E-state index is 5.71. The van der Waals surface area contributed by atoms with E-state index in [0.717, 1.165) is 31.6 Å². The number of rotatable bonds is 6. The third kappa shape index (κ3) is 3.67. The topological polar surface area (TPSA) is 24.5 Å². The van der Waals surface area contributed by atoms with Crippen LogP contribution in [0.4, 0.5) is 0 Å². The molecule has 1 N–H and O–H groups in total. The van der Waals surface area contributed by atoms with Gasteiger partial charge in [0.25, 0.3) is 0 Å². The fourth-order valence-electron chi connectivity index (χ4n) is 3.30. The van der Waals surface area contributed by atoms with E-state index < -0.39 is 0 Å². The Labute approximate surface area is 106 Å². The number of nitrogens with zero attached hydrogens (tertiary/aromatic N) is 1. The predicted molar refractivity (Wildman–Crippen MR) is 71.2 cm³/mol. The zero-order valence-corrected chi connectivity index (χ0v) is 11.7. The van der Waals surface area contributed by atoms with Crippen molar-refractivity contribution in [3.8, 4) is 0 Å². The summed E-state index contributed by atoms with van der Waals surface area (Å²) >= 11 is 0. The highest BCUT2D eigenvalue weighted by Gasteiger charge is 2.37. The lowest BCUT2D eigenvalue weighted by molar-refractivity contribution is -0.0224. The standard InChI is InChI=1S/C14H28N2O/c1-12-7-13(12)8-16(3)10-14(9-15-2)5-4-6-17-11-14/h12-13,15H,4-11H2,1-3H3. The average Bonchev–Trinajstić information content (AvgIpc) is 2.95. The van der Waals surface area contributed by atoms with Gasteiger partial charge in [-0.05, 0) is 45.2 Å². The Morgan fingerprint density at radius 1 is 1.47 bits per heavy atom. The van der Waals surface area contributed by atoms with Crippen molar-refractivity contribution in [2.24, 2.45) is 17.3 Å². The van der Waals surface area contributed by atoms with Gasteiger partial charge < -0.3 is 15.0 Å². The minimum Gasteiger partial charge on any atom is -0.381 e. The Bertz CT molecular complexity index is 233. The van der Waals surface area contributed by atoms with E-state index in [9.17, 15) is 0 Å². The molecule has 0 aromatic carbocycles. The third-order valence-corrected chi connectivity index (χ3v) is 4.38. The van der Waals surface area contributed by atoms with E-state index >= 15 is 0 Å². The van der Waals surface area contributed by atoms with E-state index in [-0.39, 0.29) is 0 Å². The quantitative estimate of drug-likeness (QED) is 0.763. The van der Waals surface area contributed by atoms with Gasteiger partial charge in [-0.3, -0.25) is 0 Å². The lowest BCUT2D eigenvalue weighted by Crippen LogP contribution is -2.47. The van der Waals surface area contributed by atoms with Crippen molar-refractivity contribution in [1.82, 2.24) is 10.2 Å². The third-order valence-electron chi connectivity index (χ3n) is 4.38. The molecule has 0 radical (unpaired) electrons. The largest absolute Gasteiger partial charge is 0.381 e. The maximum absolute atomic E-state index is 5.71. The van der Waals surface area contributed by atoms with Gasteiger partial charge in [0.05, 0.1) is 6.61 Å². The first kappa shape index (κ1) is 13.3. The van der Waals surface area contributed by atoms with E-state index in [1.807, 2.05) is 0 Å². The van der Waals surface area contributed by atoms with E-state index in [4.69, 9.17) is 4.74 Å². The maximum Gasteiger partial charge on any atom is 0.0546 e. The molecule has 1 heterocycles. The highest BCUT2D eigenvalue weighted by atomic mass is 16.5. The van der Waals surface area contributed by atoms with Gasteiger partial charge in [0.2, 0.25) is 0 Å². The van der Waals surface area contributed by atoms with Crippen molar-refractivity contribution in [1.29, 1.82) is 0 Å². The summed E-state index contributed by atoms with van der Waals surface area (Å²) in [4.78, 5) is 2.53. The molecule has 0 spiro atoms. The van der Waals surface area contributed by atoms with Gasteiger partial charge in [-0.2, -0.15) is 0 Å². The highest BCUT2D eigenvalue weighted by Crippen LogP contribution is 2.38. The van der Waals surface area contributed by atoms with Crippen LogP contribution in [0.1, 0.15) is 26.2 Å². The smallest absolute Gasteiger partial charge is 0.0546 e. The van der Waals surface area contributed by atoms with Crippen LogP contribution in [-0.2, 0) is 4.74 Å². The molecule has 2 fully saturated rings. The van der Waals surface area contributed by atoms with Gasteiger partial charge in [-0.15, -0.1) is 0 Å². The molecular weight excluding hydrogens is 212 g/mol. The van der Waals surface area contributed by atoms with Crippen LogP contribution in [0, 0.1) is 17.3 Å². The van der Waals surface area contributed by atoms with Crippen LogP contribution in [0.5, 0.6) is 0 Å². The van der Waals surface area contributed by atoms with Crippen molar-refractivity contribution in [3.05, 3.63) is 0 Å². The van der Waals surface area contributed by atoms with Gasteiger partial charge in [0, 0.05) is 31.7 Å². The van der Waals surface area contributed by atoms with Crippen LogP contribution in [0.2, 0.25) is 0 Å². The van der Waals surface area contributed by atoms with Crippen molar-refractivity contribution in [3.63, 3.8) is 0 Å². The Morgan fingerprint density at radius 2 is 2.24 bits per heavy atom. The molecule has 0 aromatic heterocycles. The average molecular weight is 240 g/mol. The van der Waals surface area contributed by atoms with Crippen molar-refractivity contribution < 1.29 is 4.74 Å². The zero-order valence-electron chi connectivity index (χ0n) is 11.7. The zero-order chi connectivity index (χ0) is 12.3. The van der Waals surface area contributed by atoms with E-state index in [0.29, 0.717) is 5.41 Å². The summed E-state index contributed by atoms with van der Waals surface area (Å²) in [6.07, 6.45) is 3.95. The molecule has 1 saturated heterocycles. The van der Waals surface area contributed by atoms with E-state index in [1.54, 1.807) is 0 Å². The lowest BCUT2D eigenvalue weighted by atomic mass is 9.82. The number of ether oxygens (including phenoxy) is 1. The summed E-state index contributed by atoms with van der Waals surface area (Å²) in [7, 11) is 4.33. The second-order valence-corrected chi connectivity index (χ2v) is 6.36. The Hall–Kier alpha value is -0.120. The molecule has 3 unspecified atom stereocenters. The second-order valence-electron chi connectivity index (χ2n) is 6.36. The van der Waals surface area contributed by atoms with E-state index in [1.165, 1.54) is 32.4 Å². The SMILES string of the molecule is CNCC1(CN(C)CC2CC2C)CCCOC1. The molecule has 3 atom stereocenters. The minimum absolute atomic E-state index is 0.347. The summed E-state index contributed by atoms with van der Waals surface area (Å²) in [5.74, 6) is 1.91. The Kier molecular flexibility index (Phi) is 4.45. The van der Waals surface area contributed by atoms with Crippen LogP contribution in [-0.4, -0.2) is 51.8 Å². The fraction of sp³-hybridized carbons (Fsp3) is 1.00. The molecule has 0 aromatic rings. The lowest BCUT2D eigenvalue weighted by Gasteiger charge is -2.40. The molecule has 17 heavy (non-hydrogen) atoms. The van der Waals surface area contributed by atoms with E-state index in [2.05, 4.69) is 31.2 Å². The molecule has 1 aliphatic carbocycles. The molecule has 3 nitrogen and oxygen atoms in total. The van der Waals surface area contributed by atoms with Gasteiger partial charge >= 0.3 is 0 Å². The molecule has 1 saturated carbocycles. The van der Waals surface area contributed by atoms with Gasteiger partial charge in [-0.25, -0.2) is 0 Å². The first-order chi connectivity index (χ1) is 8.15. The van der Waals surface area contributed by atoms with Crippen LogP contribution < -0.4 is 5.32 Å². The molecule has 100 valence electrons. The fourth-order valence-corrected chi connectivity index (χ4v) is 3.30. The summed E-state index contributed by atoms with van der Waals surface area (Å²) in [5.41, 5.74) is 0.347. The van der Waals surface area contributed by atoms with Crippen molar-refractivity contribution >= 4 is 0 Å². The predicted octanol–water partition coefficient (Wildman–Crippen LogP) is 1.59. The number of hydrogen-bond acceptors (Lipinski definition) is 3. The molecule has 0 amide bonds. The highest BCUT2D eigenvalue weighted by molar-refractivity contribution is 4.89. The molecule has 1 aliphatic heterocycles. The van der Waals surface area contributed by atoms with Gasteiger partial charge in [0.1, 0.15) is 0 Å². The summed E-state index contributed by atoms with van der Waals surface area (Å²) in [6.45, 7) is 7.78. The van der Waals surface area contributed by atoms with Crippen LogP contribution in [0.25, 0.3) is 0 Å². The number of nitrogens with one attached hydrogen (secondary N) is 1. The Morgan fingerprint density at radius 3 is 2.76 bits per heavy atom. The molecular formula is C14H28N2O. The molecule has 2 rings (SSSR count). The van der Waals surface area contributed by atoms with Crippen LogP contribution in [0.15, 0.2) is 0 Å². The normalized spacial score (nSPS) is 37.4. The molecule has 3 heteroatoms. The molecule has 0 bridgehead atoms. The summed E-state index contributed by atoms with van der Waals surface area (Å²) in [5, 5.41) is 3.35. The van der Waals surface area contributed by atoms with Gasteiger partial charge in [-0.1, -0.05) is 6.92 Å². The minimum atomic E-state index is 0.347. The van der Waals surface area contributed by atoms with Crippen molar-refractivity contribution in [2.75, 3.05) is 46.9 Å². The second kappa shape index (κ2) is 5.68. The molecule has 2 aliphatic rings. The monoisotopic (exact) mass is 240 g/mol. The van der Waals surface area contributed by atoms with Crippen molar-refractivity contribution in [2.45, 2.75) is 26.2 Å².